The first-order valence-corrected chi connectivity index (χ1v) is 9.48. The van der Waals surface area contributed by atoms with Crippen molar-refractivity contribution in [3.05, 3.63) is 70.8 Å². The SMILES string of the molecule is Cc1ccc(C)c(C(=O)COC(=O)[C@H]2CC(=O)N([C@H](C)c3ccccc3)C2)c1. The van der Waals surface area contributed by atoms with Crippen molar-refractivity contribution in [3.63, 3.8) is 0 Å². The van der Waals surface area contributed by atoms with E-state index in [0.29, 0.717) is 12.1 Å². The summed E-state index contributed by atoms with van der Waals surface area (Å²) in [6, 6.07) is 15.2. The van der Waals surface area contributed by atoms with Crippen LogP contribution in [-0.4, -0.2) is 35.7 Å². The Bertz CT molecular complexity index is 891. The molecule has 146 valence electrons. The Balaban J connectivity index is 1.59. The Labute approximate surface area is 165 Å². The highest BCUT2D eigenvalue weighted by molar-refractivity contribution is 5.99. The first-order valence-electron chi connectivity index (χ1n) is 9.48. The van der Waals surface area contributed by atoms with Gasteiger partial charge in [-0.3, -0.25) is 14.4 Å². The van der Waals surface area contributed by atoms with Crippen LogP contribution >= 0.6 is 0 Å². The highest BCUT2D eigenvalue weighted by Crippen LogP contribution is 2.29. The fraction of sp³-hybridized carbons (Fsp3) is 0.348. The van der Waals surface area contributed by atoms with E-state index in [1.54, 1.807) is 11.0 Å². The maximum atomic E-state index is 12.4. The van der Waals surface area contributed by atoms with Crippen LogP contribution in [0.3, 0.4) is 0 Å². The molecule has 0 aliphatic carbocycles. The van der Waals surface area contributed by atoms with Gasteiger partial charge >= 0.3 is 5.97 Å². The topological polar surface area (TPSA) is 63.7 Å². The molecule has 1 aliphatic heterocycles. The zero-order valence-corrected chi connectivity index (χ0v) is 16.5. The number of ether oxygens (including phenoxy) is 1. The number of nitrogens with zero attached hydrogens (tertiary/aromatic N) is 1. The third-order valence-corrected chi connectivity index (χ3v) is 5.28. The number of hydrogen-bond donors (Lipinski definition) is 0. The lowest BCUT2D eigenvalue weighted by molar-refractivity contribution is -0.147. The van der Waals surface area contributed by atoms with Gasteiger partial charge in [0.1, 0.15) is 0 Å². The summed E-state index contributed by atoms with van der Waals surface area (Å²) in [7, 11) is 0. The first kappa shape index (κ1) is 19.8. The van der Waals surface area contributed by atoms with Crippen LogP contribution in [0.25, 0.3) is 0 Å². The van der Waals surface area contributed by atoms with Crippen LogP contribution in [0, 0.1) is 19.8 Å². The van der Waals surface area contributed by atoms with Crippen LogP contribution < -0.4 is 0 Å². The van der Waals surface area contributed by atoms with Gasteiger partial charge < -0.3 is 9.64 Å². The summed E-state index contributed by atoms with van der Waals surface area (Å²) < 4.78 is 5.25. The minimum absolute atomic E-state index is 0.0702. The average Bonchev–Trinajstić information content (AvgIpc) is 3.09. The van der Waals surface area contributed by atoms with Gasteiger partial charge in [-0.05, 0) is 38.0 Å². The average molecular weight is 379 g/mol. The maximum Gasteiger partial charge on any atom is 0.311 e. The van der Waals surface area contributed by atoms with Gasteiger partial charge in [0.2, 0.25) is 11.7 Å². The van der Waals surface area contributed by atoms with Crippen LogP contribution in [0.5, 0.6) is 0 Å². The molecule has 5 nitrogen and oxygen atoms in total. The van der Waals surface area contributed by atoms with E-state index >= 15 is 0 Å². The molecule has 0 aromatic heterocycles. The van der Waals surface area contributed by atoms with Crippen molar-refractivity contribution in [3.8, 4) is 0 Å². The number of hydrogen-bond acceptors (Lipinski definition) is 4. The Morgan fingerprint density at radius 2 is 1.86 bits per heavy atom. The van der Waals surface area contributed by atoms with Gasteiger partial charge in [0.25, 0.3) is 0 Å². The molecule has 5 heteroatoms. The number of carbonyl (C=O) groups excluding carboxylic acids is 3. The molecule has 0 saturated carbocycles. The van der Waals surface area contributed by atoms with Crippen LogP contribution in [0.15, 0.2) is 48.5 Å². The molecule has 0 spiro atoms. The lowest BCUT2D eigenvalue weighted by Crippen LogP contribution is -2.30. The van der Waals surface area contributed by atoms with Crippen LogP contribution in [0.4, 0.5) is 0 Å². The second-order valence-corrected chi connectivity index (χ2v) is 7.38. The number of benzene rings is 2. The summed E-state index contributed by atoms with van der Waals surface area (Å²) in [5.41, 5.74) is 3.42. The number of Topliss-reactive ketones (excluding diaryl/α,β-unsaturated/α-hetero) is 1. The normalized spacial score (nSPS) is 17.5. The number of ketones is 1. The predicted octanol–water partition coefficient (Wildman–Crippen LogP) is 3.64. The van der Waals surface area contributed by atoms with Crippen molar-refractivity contribution in [1.82, 2.24) is 4.90 Å². The van der Waals surface area contributed by atoms with Gasteiger partial charge in [-0.25, -0.2) is 0 Å². The minimum atomic E-state index is -0.537. The van der Waals surface area contributed by atoms with Crippen molar-refractivity contribution in [2.45, 2.75) is 33.2 Å². The number of esters is 1. The van der Waals surface area contributed by atoms with Gasteiger partial charge in [-0.2, -0.15) is 0 Å². The van der Waals surface area contributed by atoms with Crippen molar-refractivity contribution in [2.24, 2.45) is 5.92 Å². The molecule has 0 N–H and O–H groups in total. The zero-order chi connectivity index (χ0) is 20.3. The van der Waals surface area contributed by atoms with Gasteiger partial charge in [0, 0.05) is 18.5 Å². The van der Waals surface area contributed by atoms with E-state index < -0.39 is 11.9 Å². The molecular weight excluding hydrogens is 354 g/mol. The molecule has 1 heterocycles. The molecule has 0 unspecified atom stereocenters. The fourth-order valence-electron chi connectivity index (χ4n) is 3.54. The summed E-state index contributed by atoms with van der Waals surface area (Å²) in [6.45, 7) is 5.72. The van der Waals surface area contributed by atoms with E-state index in [1.807, 2.05) is 63.2 Å². The molecule has 3 rings (SSSR count). The molecule has 2 aromatic rings. The highest BCUT2D eigenvalue weighted by atomic mass is 16.5. The summed E-state index contributed by atoms with van der Waals surface area (Å²) in [4.78, 5) is 38.9. The quantitative estimate of drug-likeness (QED) is 0.568. The Morgan fingerprint density at radius 3 is 2.57 bits per heavy atom. The van der Waals surface area contributed by atoms with E-state index in [1.165, 1.54) is 0 Å². The zero-order valence-electron chi connectivity index (χ0n) is 16.5. The molecule has 2 aromatic carbocycles. The third kappa shape index (κ3) is 4.30. The van der Waals surface area contributed by atoms with E-state index in [4.69, 9.17) is 4.74 Å². The molecule has 0 radical (unpaired) electrons. The van der Waals surface area contributed by atoms with Crippen LogP contribution in [0.1, 0.15) is 46.4 Å². The monoisotopic (exact) mass is 379 g/mol. The van der Waals surface area contributed by atoms with Crippen molar-refractivity contribution >= 4 is 17.7 Å². The predicted molar refractivity (Wildman–Crippen MR) is 106 cm³/mol. The number of aryl methyl sites for hydroxylation is 2. The minimum Gasteiger partial charge on any atom is -0.457 e. The van der Waals surface area contributed by atoms with Gasteiger partial charge in [0.15, 0.2) is 6.61 Å². The number of likely N-dealkylation sites (tertiary alicyclic amines) is 1. The summed E-state index contributed by atoms with van der Waals surface area (Å²) in [5, 5.41) is 0. The van der Waals surface area contributed by atoms with Gasteiger partial charge in [-0.15, -0.1) is 0 Å². The van der Waals surface area contributed by atoms with Crippen molar-refractivity contribution < 1.29 is 19.1 Å². The fourth-order valence-corrected chi connectivity index (χ4v) is 3.54. The molecule has 1 amide bonds. The molecule has 28 heavy (non-hydrogen) atoms. The van der Waals surface area contributed by atoms with E-state index in [0.717, 1.165) is 16.7 Å². The lowest BCUT2D eigenvalue weighted by Gasteiger charge is -2.25. The van der Waals surface area contributed by atoms with Crippen LogP contribution in [-0.2, 0) is 14.3 Å². The number of rotatable bonds is 6. The third-order valence-electron chi connectivity index (χ3n) is 5.28. The Kier molecular flexibility index (Phi) is 5.93. The Morgan fingerprint density at radius 1 is 1.14 bits per heavy atom. The lowest BCUT2D eigenvalue weighted by atomic mass is 10.0. The molecule has 2 atom stereocenters. The van der Waals surface area contributed by atoms with Crippen molar-refractivity contribution in [1.29, 1.82) is 0 Å². The molecule has 0 bridgehead atoms. The maximum absolute atomic E-state index is 12.4. The second-order valence-electron chi connectivity index (χ2n) is 7.38. The van der Waals surface area contributed by atoms with Crippen molar-refractivity contribution in [2.75, 3.05) is 13.2 Å². The summed E-state index contributed by atoms with van der Waals surface area (Å²) in [5.74, 6) is -1.33. The van der Waals surface area contributed by atoms with Crippen LogP contribution in [0.2, 0.25) is 0 Å². The molecular formula is C23H25NO4. The standard InChI is InChI=1S/C23H25NO4/c1-15-9-10-16(2)20(11-15)21(25)14-28-23(27)19-12-22(26)24(13-19)17(3)18-7-5-4-6-8-18/h4-11,17,19H,12-14H2,1-3H3/t17-,19+/m1/s1. The highest BCUT2D eigenvalue weighted by Gasteiger charge is 2.38. The number of amides is 1. The second kappa shape index (κ2) is 8.38. The van der Waals surface area contributed by atoms with E-state index in [2.05, 4.69) is 0 Å². The summed E-state index contributed by atoms with van der Waals surface area (Å²) in [6.07, 6.45) is 0.119. The molecule has 1 fully saturated rings. The largest absolute Gasteiger partial charge is 0.457 e. The smallest absolute Gasteiger partial charge is 0.311 e. The van der Waals surface area contributed by atoms with Gasteiger partial charge in [-0.1, -0.05) is 48.0 Å². The molecule has 1 aliphatic rings. The Hall–Kier alpha value is -2.95. The number of carbonyl (C=O) groups is 3. The summed E-state index contributed by atoms with van der Waals surface area (Å²) >= 11 is 0. The first-order chi connectivity index (χ1) is 13.4. The van der Waals surface area contributed by atoms with E-state index in [9.17, 15) is 14.4 Å². The van der Waals surface area contributed by atoms with Gasteiger partial charge in [0.05, 0.1) is 12.0 Å². The van der Waals surface area contributed by atoms with E-state index in [-0.39, 0.29) is 30.8 Å². The molecule has 1 saturated heterocycles.